The molecule has 0 fully saturated rings. The quantitative estimate of drug-likeness (QED) is 0.928. The summed E-state index contributed by atoms with van der Waals surface area (Å²) in [5, 5.41) is 3.01. The topological polar surface area (TPSA) is 24.9 Å². The Balaban J connectivity index is 2.30. The van der Waals surface area contributed by atoms with E-state index in [0.717, 1.165) is 5.56 Å². The fraction of sp³-hybridized carbons (Fsp3) is 0.214. The highest BCUT2D eigenvalue weighted by molar-refractivity contribution is 9.10. The lowest BCUT2D eigenvalue weighted by molar-refractivity contribution is 0.514. The van der Waals surface area contributed by atoms with Gasteiger partial charge < -0.3 is 5.32 Å². The van der Waals surface area contributed by atoms with Gasteiger partial charge in [0, 0.05) is 6.20 Å². The molecule has 1 heterocycles. The average molecular weight is 327 g/mol. The summed E-state index contributed by atoms with van der Waals surface area (Å²) in [6.45, 7) is 0. The molecule has 2 nitrogen and oxygen atoms in total. The van der Waals surface area contributed by atoms with Crippen LogP contribution in [0.25, 0.3) is 0 Å². The van der Waals surface area contributed by atoms with Crippen molar-refractivity contribution < 1.29 is 8.78 Å². The molecule has 2 aromatic rings. The number of hydrogen-bond donors (Lipinski definition) is 1. The molecule has 1 atom stereocenters. The summed E-state index contributed by atoms with van der Waals surface area (Å²) < 4.78 is 27.6. The first-order chi connectivity index (χ1) is 9.13. The van der Waals surface area contributed by atoms with E-state index in [-0.39, 0.29) is 17.7 Å². The lowest BCUT2D eigenvalue weighted by atomic mass is 10.0. The van der Waals surface area contributed by atoms with E-state index in [4.69, 9.17) is 0 Å². The smallest absolute Gasteiger partial charge is 0.146 e. The number of likely N-dealkylation sites (N-methyl/N-ethyl adjacent to an activating group) is 1. The molecule has 0 aliphatic carbocycles. The summed E-state index contributed by atoms with van der Waals surface area (Å²) >= 11 is 3.21. The largest absolute Gasteiger partial charge is 0.311 e. The number of nitrogens with zero attached hydrogens (tertiary/aromatic N) is 1. The van der Waals surface area contributed by atoms with Crippen LogP contribution in [0.2, 0.25) is 0 Å². The Bertz CT molecular complexity index is 575. The van der Waals surface area contributed by atoms with Crippen LogP contribution in [-0.2, 0) is 6.42 Å². The van der Waals surface area contributed by atoms with Crippen molar-refractivity contribution in [2.45, 2.75) is 12.5 Å². The second kappa shape index (κ2) is 6.21. The van der Waals surface area contributed by atoms with Crippen LogP contribution in [-0.4, -0.2) is 12.0 Å². The molecule has 1 aromatic heterocycles. The van der Waals surface area contributed by atoms with Crippen LogP contribution < -0.4 is 5.32 Å². The number of benzene rings is 1. The van der Waals surface area contributed by atoms with Crippen molar-refractivity contribution in [3.63, 3.8) is 0 Å². The Morgan fingerprint density at radius 2 is 1.95 bits per heavy atom. The van der Waals surface area contributed by atoms with Gasteiger partial charge in [0.15, 0.2) is 0 Å². The van der Waals surface area contributed by atoms with Crippen molar-refractivity contribution >= 4 is 15.9 Å². The maximum atomic E-state index is 13.7. The third-order valence-electron chi connectivity index (χ3n) is 2.92. The summed E-state index contributed by atoms with van der Waals surface area (Å²) in [7, 11) is 1.73. The fourth-order valence-electron chi connectivity index (χ4n) is 1.92. The number of halogens is 3. The van der Waals surface area contributed by atoms with Crippen molar-refractivity contribution in [2.24, 2.45) is 0 Å². The van der Waals surface area contributed by atoms with Crippen molar-refractivity contribution in [3.8, 4) is 0 Å². The molecule has 0 spiro atoms. The minimum Gasteiger partial charge on any atom is -0.311 e. The second-order valence-electron chi connectivity index (χ2n) is 4.13. The van der Waals surface area contributed by atoms with E-state index >= 15 is 0 Å². The zero-order valence-electron chi connectivity index (χ0n) is 10.3. The monoisotopic (exact) mass is 326 g/mol. The van der Waals surface area contributed by atoms with Gasteiger partial charge in [-0.15, -0.1) is 0 Å². The standard InChI is InChI=1S/C14H13BrF2N2/c1-18-12(14-11(17)6-3-7-19-14)8-9-4-2-5-10(16)13(9)15/h2-7,12,18H,8H2,1H3. The molecule has 0 saturated carbocycles. The molecular formula is C14H13BrF2N2. The molecule has 0 radical (unpaired) electrons. The molecule has 0 aliphatic heterocycles. The second-order valence-corrected chi connectivity index (χ2v) is 4.92. The number of nitrogens with one attached hydrogen (secondary N) is 1. The van der Waals surface area contributed by atoms with Crippen molar-refractivity contribution in [2.75, 3.05) is 7.05 Å². The molecule has 0 saturated heterocycles. The van der Waals surface area contributed by atoms with E-state index in [2.05, 4.69) is 26.2 Å². The van der Waals surface area contributed by atoms with Gasteiger partial charge in [0.2, 0.25) is 0 Å². The lowest BCUT2D eigenvalue weighted by Gasteiger charge is -2.17. The Hall–Kier alpha value is -1.33. The molecular weight excluding hydrogens is 314 g/mol. The van der Waals surface area contributed by atoms with Crippen molar-refractivity contribution in [1.29, 1.82) is 0 Å². The fourth-order valence-corrected chi connectivity index (χ4v) is 2.34. The van der Waals surface area contributed by atoms with Crippen LogP contribution in [0, 0.1) is 11.6 Å². The first-order valence-corrected chi connectivity index (χ1v) is 6.63. The molecule has 1 aromatic carbocycles. The van der Waals surface area contributed by atoms with Crippen LogP contribution in [0.1, 0.15) is 17.3 Å². The third-order valence-corrected chi connectivity index (χ3v) is 3.81. The summed E-state index contributed by atoms with van der Waals surface area (Å²) in [6, 6.07) is 7.43. The Labute approximate surface area is 119 Å². The number of pyridine rings is 1. The number of hydrogen-bond acceptors (Lipinski definition) is 2. The minimum absolute atomic E-state index is 0.306. The van der Waals surface area contributed by atoms with Gasteiger partial charge >= 0.3 is 0 Å². The predicted octanol–water partition coefficient (Wildman–Crippen LogP) is 3.63. The Morgan fingerprint density at radius 3 is 2.63 bits per heavy atom. The molecule has 0 bridgehead atoms. The van der Waals surface area contributed by atoms with Gasteiger partial charge in [0.1, 0.15) is 11.6 Å². The molecule has 1 N–H and O–H groups in total. The van der Waals surface area contributed by atoms with Crippen molar-refractivity contribution in [1.82, 2.24) is 10.3 Å². The normalized spacial score (nSPS) is 12.4. The zero-order chi connectivity index (χ0) is 13.8. The summed E-state index contributed by atoms with van der Waals surface area (Å²) in [5.41, 5.74) is 1.10. The van der Waals surface area contributed by atoms with Gasteiger partial charge in [-0.05, 0) is 53.2 Å². The van der Waals surface area contributed by atoms with Crippen LogP contribution in [0.3, 0.4) is 0 Å². The van der Waals surface area contributed by atoms with E-state index in [1.165, 1.54) is 12.1 Å². The van der Waals surface area contributed by atoms with E-state index in [1.54, 1.807) is 31.4 Å². The molecule has 19 heavy (non-hydrogen) atoms. The van der Waals surface area contributed by atoms with Gasteiger partial charge in [0.25, 0.3) is 0 Å². The summed E-state index contributed by atoms with van der Waals surface area (Å²) in [6.07, 6.45) is 1.99. The third kappa shape index (κ3) is 3.16. The van der Waals surface area contributed by atoms with Crippen LogP contribution in [0.15, 0.2) is 41.0 Å². The molecule has 100 valence electrons. The summed E-state index contributed by atoms with van der Waals surface area (Å²) in [5.74, 6) is -0.691. The van der Waals surface area contributed by atoms with Gasteiger partial charge in [-0.1, -0.05) is 12.1 Å². The highest BCUT2D eigenvalue weighted by atomic mass is 79.9. The molecule has 2 rings (SSSR count). The first kappa shape index (κ1) is 14.1. The highest BCUT2D eigenvalue weighted by Crippen LogP contribution is 2.26. The lowest BCUT2D eigenvalue weighted by Crippen LogP contribution is -2.21. The van der Waals surface area contributed by atoms with E-state index in [1.807, 2.05) is 0 Å². The molecule has 0 aliphatic rings. The van der Waals surface area contributed by atoms with Crippen LogP contribution in [0.4, 0.5) is 8.78 Å². The Kier molecular flexibility index (Phi) is 4.61. The van der Waals surface area contributed by atoms with E-state index in [9.17, 15) is 8.78 Å². The molecule has 5 heteroatoms. The SMILES string of the molecule is CNC(Cc1cccc(F)c1Br)c1ncccc1F. The summed E-state index contributed by atoms with van der Waals surface area (Å²) in [4.78, 5) is 4.05. The molecule has 1 unspecified atom stereocenters. The number of rotatable bonds is 4. The predicted molar refractivity (Wildman–Crippen MR) is 73.8 cm³/mol. The minimum atomic E-state index is -0.366. The maximum absolute atomic E-state index is 13.7. The average Bonchev–Trinajstić information content (AvgIpc) is 2.41. The Morgan fingerprint density at radius 1 is 1.21 bits per heavy atom. The van der Waals surface area contributed by atoms with Crippen LogP contribution in [0.5, 0.6) is 0 Å². The van der Waals surface area contributed by atoms with E-state index < -0.39 is 0 Å². The van der Waals surface area contributed by atoms with Crippen molar-refractivity contribution in [3.05, 3.63) is 63.9 Å². The zero-order valence-corrected chi connectivity index (χ0v) is 11.9. The van der Waals surface area contributed by atoms with Gasteiger partial charge in [0.05, 0.1) is 16.2 Å². The van der Waals surface area contributed by atoms with E-state index in [0.29, 0.717) is 16.6 Å². The van der Waals surface area contributed by atoms with Crippen LogP contribution >= 0.6 is 15.9 Å². The highest BCUT2D eigenvalue weighted by Gasteiger charge is 2.17. The maximum Gasteiger partial charge on any atom is 0.146 e. The van der Waals surface area contributed by atoms with Gasteiger partial charge in [-0.25, -0.2) is 8.78 Å². The first-order valence-electron chi connectivity index (χ1n) is 5.84. The molecule has 0 amide bonds. The number of aromatic nitrogens is 1. The van der Waals surface area contributed by atoms with Gasteiger partial charge in [-0.3, -0.25) is 4.98 Å². The van der Waals surface area contributed by atoms with Gasteiger partial charge in [-0.2, -0.15) is 0 Å².